The second-order valence-corrected chi connectivity index (χ2v) is 6.66. The number of amides is 1. The van der Waals surface area contributed by atoms with Crippen molar-refractivity contribution in [2.45, 2.75) is 26.7 Å². The zero-order chi connectivity index (χ0) is 15.6. The standard InChI is InChI=1S/C15H20BrN3O2/c1-10-3-4-11(9-12(10)16)13(20)19-7-5-15(2,6-8-19)14(17)18-21/h3-4,9,21H,5-8H2,1-2H3,(H2,17,18). The number of halogens is 1. The summed E-state index contributed by atoms with van der Waals surface area (Å²) >= 11 is 3.45. The van der Waals surface area contributed by atoms with E-state index >= 15 is 0 Å². The molecule has 3 N–H and O–H groups in total. The van der Waals surface area contributed by atoms with Gasteiger partial charge in [0.25, 0.3) is 5.91 Å². The zero-order valence-corrected chi connectivity index (χ0v) is 13.9. The Hall–Kier alpha value is -1.56. The maximum atomic E-state index is 12.5. The van der Waals surface area contributed by atoms with Gasteiger partial charge in [-0.2, -0.15) is 0 Å². The summed E-state index contributed by atoms with van der Waals surface area (Å²) in [6, 6.07) is 5.64. The van der Waals surface area contributed by atoms with Crippen LogP contribution in [0.25, 0.3) is 0 Å². The second kappa shape index (κ2) is 6.05. The molecule has 1 aromatic rings. The van der Waals surface area contributed by atoms with Crippen molar-refractivity contribution in [1.82, 2.24) is 4.90 Å². The summed E-state index contributed by atoms with van der Waals surface area (Å²) in [7, 11) is 0. The highest BCUT2D eigenvalue weighted by atomic mass is 79.9. The third-order valence-electron chi connectivity index (χ3n) is 4.30. The lowest BCUT2D eigenvalue weighted by molar-refractivity contribution is 0.0666. The molecule has 6 heteroatoms. The molecule has 0 saturated carbocycles. The van der Waals surface area contributed by atoms with E-state index in [0.29, 0.717) is 31.5 Å². The number of carbonyl (C=O) groups is 1. The first-order valence-electron chi connectivity index (χ1n) is 6.91. The highest BCUT2D eigenvalue weighted by Gasteiger charge is 2.35. The summed E-state index contributed by atoms with van der Waals surface area (Å²) in [5, 5.41) is 12.0. The van der Waals surface area contributed by atoms with Crippen molar-refractivity contribution in [2.24, 2.45) is 16.3 Å². The smallest absolute Gasteiger partial charge is 0.253 e. The Morgan fingerprint density at radius 3 is 2.57 bits per heavy atom. The quantitative estimate of drug-likeness (QED) is 0.371. The molecule has 1 saturated heterocycles. The van der Waals surface area contributed by atoms with E-state index in [0.717, 1.165) is 10.0 Å². The summed E-state index contributed by atoms with van der Waals surface area (Å²) in [6.07, 6.45) is 1.39. The number of likely N-dealkylation sites (tertiary alicyclic amines) is 1. The van der Waals surface area contributed by atoms with E-state index in [1.807, 2.05) is 36.9 Å². The fourth-order valence-electron chi connectivity index (χ4n) is 2.49. The van der Waals surface area contributed by atoms with Crippen LogP contribution in [-0.4, -0.2) is 34.9 Å². The number of benzene rings is 1. The van der Waals surface area contributed by atoms with E-state index in [9.17, 15) is 4.79 Å². The van der Waals surface area contributed by atoms with Crippen LogP contribution >= 0.6 is 15.9 Å². The Morgan fingerprint density at radius 2 is 2.05 bits per heavy atom. The highest BCUT2D eigenvalue weighted by molar-refractivity contribution is 9.10. The Labute approximate surface area is 132 Å². The lowest BCUT2D eigenvalue weighted by Crippen LogP contribution is -2.47. The number of aryl methyl sites for hydroxylation is 1. The minimum absolute atomic E-state index is 0.0252. The van der Waals surface area contributed by atoms with Crippen LogP contribution in [0.4, 0.5) is 0 Å². The van der Waals surface area contributed by atoms with Gasteiger partial charge in [0.05, 0.1) is 0 Å². The Balaban J connectivity index is 2.08. The van der Waals surface area contributed by atoms with Gasteiger partial charge in [0.2, 0.25) is 0 Å². The molecule has 0 radical (unpaired) electrons. The van der Waals surface area contributed by atoms with Gasteiger partial charge in [-0.1, -0.05) is 34.1 Å². The largest absolute Gasteiger partial charge is 0.409 e. The molecule has 1 aliphatic heterocycles. The molecule has 1 amide bonds. The first-order valence-corrected chi connectivity index (χ1v) is 7.70. The normalized spacial score (nSPS) is 18.6. The van der Waals surface area contributed by atoms with Gasteiger partial charge >= 0.3 is 0 Å². The molecular weight excluding hydrogens is 334 g/mol. The SMILES string of the molecule is Cc1ccc(C(=O)N2CCC(C)(/C(N)=N/O)CC2)cc1Br. The number of rotatable bonds is 2. The molecule has 114 valence electrons. The molecule has 1 fully saturated rings. The number of oxime groups is 1. The van der Waals surface area contributed by atoms with Crippen molar-refractivity contribution < 1.29 is 10.0 Å². The zero-order valence-electron chi connectivity index (χ0n) is 12.3. The first kappa shape index (κ1) is 15.8. The van der Waals surface area contributed by atoms with Crippen LogP contribution in [0.5, 0.6) is 0 Å². The van der Waals surface area contributed by atoms with E-state index in [1.165, 1.54) is 0 Å². The van der Waals surface area contributed by atoms with Crippen LogP contribution in [0.2, 0.25) is 0 Å². The molecule has 0 bridgehead atoms. The predicted octanol–water partition coefficient (Wildman–Crippen LogP) is 2.75. The summed E-state index contributed by atoms with van der Waals surface area (Å²) in [5.41, 5.74) is 7.19. The molecule has 0 atom stereocenters. The number of hydrogen-bond acceptors (Lipinski definition) is 3. The number of hydrogen-bond donors (Lipinski definition) is 2. The predicted molar refractivity (Wildman–Crippen MR) is 85.5 cm³/mol. The molecule has 5 nitrogen and oxygen atoms in total. The molecule has 21 heavy (non-hydrogen) atoms. The maximum absolute atomic E-state index is 12.5. The summed E-state index contributed by atoms with van der Waals surface area (Å²) in [6.45, 7) is 5.17. The van der Waals surface area contributed by atoms with Gasteiger partial charge in [-0.3, -0.25) is 4.79 Å². The van der Waals surface area contributed by atoms with E-state index in [-0.39, 0.29) is 17.2 Å². The van der Waals surface area contributed by atoms with Crippen LogP contribution in [0.3, 0.4) is 0 Å². The Morgan fingerprint density at radius 1 is 1.43 bits per heavy atom. The van der Waals surface area contributed by atoms with Crippen LogP contribution in [0, 0.1) is 12.3 Å². The third-order valence-corrected chi connectivity index (χ3v) is 5.15. The minimum Gasteiger partial charge on any atom is -0.409 e. The molecule has 0 spiro atoms. The average Bonchev–Trinajstić information content (AvgIpc) is 2.49. The minimum atomic E-state index is -0.334. The van der Waals surface area contributed by atoms with Crippen molar-refractivity contribution in [2.75, 3.05) is 13.1 Å². The van der Waals surface area contributed by atoms with Gasteiger partial charge in [0.15, 0.2) is 0 Å². The number of piperidine rings is 1. The van der Waals surface area contributed by atoms with E-state index in [4.69, 9.17) is 10.9 Å². The van der Waals surface area contributed by atoms with Crippen molar-refractivity contribution in [1.29, 1.82) is 0 Å². The maximum Gasteiger partial charge on any atom is 0.253 e. The van der Waals surface area contributed by atoms with E-state index in [2.05, 4.69) is 21.1 Å². The van der Waals surface area contributed by atoms with Crippen molar-refractivity contribution in [3.05, 3.63) is 33.8 Å². The fourth-order valence-corrected chi connectivity index (χ4v) is 2.87. The van der Waals surface area contributed by atoms with Gasteiger partial charge < -0.3 is 15.8 Å². The number of amidine groups is 1. The fraction of sp³-hybridized carbons (Fsp3) is 0.467. The lowest BCUT2D eigenvalue weighted by atomic mass is 9.79. The summed E-state index contributed by atoms with van der Waals surface area (Å²) in [5.74, 6) is 0.268. The second-order valence-electron chi connectivity index (χ2n) is 5.80. The monoisotopic (exact) mass is 353 g/mol. The van der Waals surface area contributed by atoms with Gasteiger partial charge in [0, 0.05) is 28.5 Å². The molecule has 1 heterocycles. The molecule has 0 aliphatic carbocycles. The lowest BCUT2D eigenvalue weighted by Gasteiger charge is -2.38. The van der Waals surface area contributed by atoms with Crippen LogP contribution in [0.15, 0.2) is 27.8 Å². The molecule has 0 aromatic heterocycles. The molecule has 1 aromatic carbocycles. The van der Waals surface area contributed by atoms with Crippen LogP contribution < -0.4 is 5.73 Å². The highest BCUT2D eigenvalue weighted by Crippen LogP contribution is 2.31. The van der Waals surface area contributed by atoms with Crippen LogP contribution in [0.1, 0.15) is 35.7 Å². The molecule has 0 unspecified atom stereocenters. The average molecular weight is 354 g/mol. The Bertz CT molecular complexity index is 578. The number of carbonyl (C=O) groups excluding carboxylic acids is 1. The van der Waals surface area contributed by atoms with E-state index in [1.54, 1.807) is 0 Å². The third kappa shape index (κ3) is 3.20. The van der Waals surface area contributed by atoms with Gasteiger partial charge in [-0.25, -0.2) is 0 Å². The molecular formula is C15H20BrN3O2. The summed E-state index contributed by atoms with van der Waals surface area (Å²) in [4.78, 5) is 14.3. The van der Waals surface area contributed by atoms with Gasteiger partial charge in [-0.05, 0) is 37.5 Å². The summed E-state index contributed by atoms with van der Waals surface area (Å²) < 4.78 is 0.937. The topological polar surface area (TPSA) is 78.9 Å². The number of nitrogens with two attached hydrogens (primary N) is 1. The van der Waals surface area contributed by atoms with Crippen molar-refractivity contribution >= 4 is 27.7 Å². The van der Waals surface area contributed by atoms with Crippen molar-refractivity contribution in [3.8, 4) is 0 Å². The van der Waals surface area contributed by atoms with Gasteiger partial charge in [0.1, 0.15) is 5.84 Å². The van der Waals surface area contributed by atoms with Crippen LogP contribution in [-0.2, 0) is 0 Å². The van der Waals surface area contributed by atoms with Gasteiger partial charge in [-0.15, -0.1) is 0 Å². The van der Waals surface area contributed by atoms with E-state index < -0.39 is 0 Å². The first-order chi connectivity index (χ1) is 9.87. The number of nitrogens with zero attached hydrogens (tertiary/aromatic N) is 2. The molecule has 2 rings (SSSR count). The van der Waals surface area contributed by atoms with Crippen molar-refractivity contribution in [3.63, 3.8) is 0 Å². The Kier molecular flexibility index (Phi) is 4.56. The molecule has 1 aliphatic rings.